The van der Waals surface area contributed by atoms with Crippen LogP contribution in [0.25, 0.3) is 0 Å². The standard InChI is InChI=1S/2C6H10O/c2*1-2-3-4-5-6-7/h2*4-6H,2-3H2,1H3/b5-4+;. The lowest BCUT2D eigenvalue weighted by atomic mass is 10.3. The average Bonchev–Trinajstić information content (AvgIpc) is 2.21. The van der Waals surface area contributed by atoms with Gasteiger partial charge in [-0.05, 0) is 25.0 Å². The highest BCUT2D eigenvalue weighted by molar-refractivity contribution is 5.64. The largest absolute Gasteiger partial charge is 0.299 e. The summed E-state index contributed by atoms with van der Waals surface area (Å²) in [6.07, 6.45) is 12.7. The van der Waals surface area contributed by atoms with Gasteiger partial charge in [0.1, 0.15) is 12.6 Å². The minimum Gasteiger partial charge on any atom is -0.299 e. The van der Waals surface area contributed by atoms with Gasteiger partial charge in [0.15, 0.2) is 0 Å². The maximum absolute atomic E-state index is 9.59. The molecule has 0 radical (unpaired) electrons. The van der Waals surface area contributed by atoms with Crippen molar-refractivity contribution >= 4 is 12.6 Å². The van der Waals surface area contributed by atoms with E-state index in [1.54, 1.807) is 0 Å². The molecular formula is C12H20O2. The van der Waals surface area contributed by atoms with Crippen LogP contribution in [-0.4, -0.2) is 12.6 Å². The Morgan fingerprint density at radius 2 is 1.14 bits per heavy atom. The van der Waals surface area contributed by atoms with Crippen molar-refractivity contribution in [3.63, 3.8) is 0 Å². The Labute approximate surface area is 86.7 Å². The van der Waals surface area contributed by atoms with Crippen LogP contribution in [-0.2, 0) is 9.59 Å². The average molecular weight is 196 g/mol. The lowest BCUT2D eigenvalue weighted by Crippen LogP contribution is -1.61. The molecule has 0 aromatic carbocycles. The highest BCUT2D eigenvalue weighted by Crippen LogP contribution is 1.85. The number of carbonyl (C=O) groups is 2. The van der Waals surface area contributed by atoms with Gasteiger partial charge in [-0.1, -0.05) is 38.8 Å². The molecule has 0 aromatic heterocycles. The Kier molecular flexibility index (Phi) is 19.4. The lowest BCUT2D eigenvalue weighted by Gasteiger charge is -1.76. The second kappa shape index (κ2) is 17.8. The van der Waals surface area contributed by atoms with E-state index in [1.165, 1.54) is 12.2 Å². The predicted molar refractivity (Wildman–Crippen MR) is 60.2 cm³/mol. The van der Waals surface area contributed by atoms with Crippen LogP contribution in [0.2, 0.25) is 0 Å². The van der Waals surface area contributed by atoms with Crippen molar-refractivity contribution in [2.45, 2.75) is 39.5 Å². The van der Waals surface area contributed by atoms with Crippen molar-refractivity contribution in [3.8, 4) is 0 Å². The smallest absolute Gasteiger partial charge is 0.142 e. The van der Waals surface area contributed by atoms with Crippen molar-refractivity contribution in [2.75, 3.05) is 0 Å². The number of aldehydes is 2. The van der Waals surface area contributed by atoms with E-state index in [4.69, 9.17) is 0 Å². The highest BCUT2D eigenvalue weighted by atomic mass is 16.1. The fourth-order valence-corrected chi connectivity index (χ4v) is 0.637. The first-order valence-electron chi connectivity index (χ1n) is 5.04. The molecule has 0 atom stereocenters. The van der Waals surface area contributed by atoms with Crippen molar-refractivity contribution in [3.05, 3.63) is 24.3 Å². The molecule has 0 unspecified atom stereocenters. The normalized spacial score (nSPS) is 9.86. The maximum atomic E-state index is 9.59. The van der Waals surface area contributed by atoms with E-state index < -0.39 is 0 Å². The topological polar surface area (TPSA) is 34.1 Å². The minimum atomic E-state index is 0.801. The second-order valence-corrected chi connectivity index (χ2v) is 2.71. The molecule has 14 heavy (non-hydrogen) atoms. The Morgan fingerprint density at radius 1 is 0.786 bits per heavy atom. The summed E-state index contributed by atoms with van der Waals surface area (Å²) in [6.45, 7) is 4.16. The zero-order valence-electron chi connectivity index (χ0n) is 9.11. The van der Waals surface area contributed by atoms with Crippen LogP contribution in [0.4, 0.5) is 0 Å². The molecule has 0 fully saturated rings. The molecule has 80 valence electrons. The first kappa shape index (κ1) is 15.3. The van der Waals surface area contributed by atoms with E-state index in [9.17, 15) is 9.59 Å². The summed E-state index contributed by atoms with van der Waals surface area (Å²) in [5, 5.41) is 0. The van der Waals surface area contributed by atoms with Crippen LogP contribution < -0.4 is 0 Å². The van der Waals surface area contributed by atoms with Gasteiger partial charge in [0, 0.05) is 0 Å². The first-order valence-corrected chi connectivity index (χ1v) is 5.04. The zero-order valence-corrected chi connectivity index (χ0v) is 9.11. The second-order valence-electron chi connectivity index (χ2n) is 2.71. The molecule has 0 bridgehead atoms. The van der Waals surface area contributed by atoms with E-state index in [0.29, 0.717) is 0 Å². The maximum Gasteiger partial charge on any atom is 0.142 e. The van der Waals surface area contributed by atoms with Gasteiger partial charge in [0.25, 0.3) is 0 Å². The Balaban J connectivity index is 0. The molecule has 0 spiro atoms. The third kappa shape index (κ3) is 22.4. The van der Waals surface area contributed by atoms with Gasteiger partial charge in [0.05, 0.1) is 0 Å². The van der Waals surface area contributed by atoms with Gasteiger partial charge in [-0.25, -0.2) is 0 Å². The van der Waals surface area contributed by atoms with E-state index >= 15 is 0 Å². The molecule has 0 heterocycles. The zero-order chi connectivity index (χ0) is 11.1. The predicted octanol–water partition coefficient (Wildman–Crippen LogP) is 3.08. The molecule has 0 saturated heterocycles. The summed E-state index contributed by atoms with van der Waals surface area (Å²) >= 11 is 0. The molecule has 0 saturated carbocycles. The van der Waals surface area contributed by atoms with Crippen LogP contribution >= 0.6 is 0 Å². The van der Waals surface area contributed by atoms with Gasteiger partial charge < -0.3 is 0 Å². The van der Waals surface area contributed by atoms with Crippen molar-refractivity contribution < 1.29 is 9.59 Å². The highest BCUT2D eigenvalue weighted by Gasteiger charge is 1.68. The molecule has 2 heteroatoms. The summed E-state index contributed by atoms with van der Waals surface area (Å²) in [5.41, 5.74) is 0. The van der Waals surface area contributed by atoms with Crippen LogP contribution in [0.15, 0.2) is 24.3 Å². The van der Waals surface area contributed by atoms with Gasteiger partial charge >= 0.3 is 0 Å². The summed E-state index contributed by atoms with van der Waals surface area (Å²) in [5.74, 6) is 0. The summed E-state index contributed by atoms with van der Waals surface area (Å²) in [7, 11) is 0. The van der Waals surface area contributed by atoms with Crippen molar-refractivity contribution in [1.29, 1.82) is 0 Å². The number of rotatable bonds is 6. The summed E-state index contributed by atoms with van der Waals surface area (Å²) < 4.78 is 0. The van der Waals surface area contributed by atoms with Crippen LogP contribution in [0, 0.1) is 0 Å². The van der Waals surface area contributed by atoms with E-state index in [-0.39, 0.29) is 0 Å². The van der Waals surface area contributed by atoms with Gasteiger partial charge in [0.2, 0.25) is 0 Å². The third-order valence-corrected chi connectivity index (χ3v) is 1.34. The Hall–Kier alpha value is -1.18. The van der Waals surface area contributed by atoms with Crippen LogP contribution in [0.1, 0.15) is 39.5 Å². The molecule has 0 rings (SSSR count). The monoisotopic (exact) mass is 196 g/mol. The van der Waals surface area contributed by atoms with E-state index in [0.717, 1.165) is 38.3 Å². The van der Waals surface area contributed by atoms with Gasteiger partial charge in [-0.2, -0.15) is 0 Å². The molecular weight excluding hydrogens is 176 g/mol. The fraction of sp³-hybridized carbons (Fsp3) is 0.500. The minimum absolute atomic E-state index is 0.801. The number of hydrogen-bond acceptors (Lipinski definition) is 2. The van der Waals surface area contributed by atoms with Crippen LogP contribution in [0.5, 0.6) is 0 Å². The van der Waals surface area contributed by atoms with Crippen molar-refractivity contribution in [2.24, 2.45) is 0 Å². The SMILES string of the molecule is CCC/C=C/C=O.CCCC=CC=O. The molecule has 0 aliphatic heterocycles. The fourth-order valence-electron chi connectivity index (χ4n) is 0.637. The first-order chi connectivity index (χ1) is 6.83. The summed E-state index contributed by atoms with van der Waals surface area (Å²) in [4.78, 5) is 19.2. The molecule has 0 amide bonds. The summed E-state index contributed by atoms with van der Waals surface area (Å²) in [6, 6.07) is 0. The molecule has 0 aliphatic rings. The molecule has 0 N–H and O–H groups in total. The number of hydrogen-bond donors (Lipinski definition) is 0. The Bertz CT molecular complexity index is 149. The van der Waals surface area contributed by atoms with E-state index in [1.807, 2.05) is 12.2 Å². The molecule has 0 aromatic rings. The quantitative estimate of drug-likeness (QED) is 0.483. The molecule has 2 nitrogen and oxygen atoms in total. The van der Waals surface area contributed by atoms with Crippen LogP contribution in [0.3, 0.4) is 0 Å². The van der Waals surface area contributed by atoms with Crippen molar-refractivity contribution in [1.82, 2.24) is 0 Å². The third-order valence-electron chi connectivity index (χ3n) is 1.34. The van der Waals surface area contributed by atoms with Gasteiger partial charge in [-0.15, -0.1) is 0 Å². The number of allylic oxidation sites excluding steroid dienone is 4. The molecule has 0 aliphatic carbocycles. The number of carbonyl (C=O) groups excluding carboxylic acids is 2. The van der Waals surface area contributed by atoms with Gasteiger partial charge in [-0.3, -0.25) is 9.59 Å². The lowest BCUT2D eigenvalue weighted by molar-refractivity contribution is -0.104. The number of unbranched alkanes of at least 4 members (excludes halogenated alkanes) is 2. The van der Waals surface area contributed by atoms with E-state index in [2.05, 4.69) is 13.8 Å². The Morgan fingerprint density at radius 3 is 1.36 bits per heavy atom.